The van der Waals surface area contributed by atoms with Gasteiger partial charge in [0.1, 0.15) is 5.56 Å². The summed E-state index contributed by atoms with van der Waals surface area (Å²) in [7, 11) is 0. The van der Waals surface area contributed by atoms with Gasteiger partial charge in [-0.1, -0.05) is 6.08 Å². The summed E-state index contributed by atoms with van der Waals surface area (Å²) in [6.45, 7) is 0. The molecule has 1 N–H and O–H groups in total. The number of pyridine rings is 1. The molecule has 0 fully saturated rings. The zero-order chi connectivity index (χ0) is 12.1. The number of carboxylic acids is 1. The average Bonchev–Trinajstić information content (AvgIpc) is 2.16. The second-order valence-electron chi connectivity index (χ2n) is 2.90. The van der Waals surface area contributed by atoms with E-state index >= 15 is 0 Å². The summed E-state index contributed by atoms with van der Waals surface area (Å²) in [4.78, 5) is 20.2. The highest BCUT2D eigenvalue weighted by Crippen LogP contribution is 2.17. The summed E-state index contributed by atoms with van der Waals surface area (Å²) in [5.41, 5.74) is -0.169. The lowest BCUT2D eigenvalue weighted by atomic mass is 10.2. The van der Waals surface area contributed by atoms with Gasteiger partial charge in [-0.3, -0.25) is 14.9 Å². The zero-order valence-corrected chi connectivity index (χ0v) is 8.07. The van der Waals surface area contributed by atoms with Gasteiger partial charge in [0.15, 0.2) is 12.4 Å². The van der Waals surface area contributed by atoms with Gasteiger partial charge in [0.25, 0.3) is 5.69 Å². The molecule has 84 valence electrons. The van der Waals surface area contributed by atoms with Crippen LogP contribution in [0.15, 0.2) is 24.5 Å². The van der Waals surface area contributed by atoms with E-state index in [1.165, 1.54) is 12.2 Å². The molecule has 0 spiro atoms. The summed E-state index contributed by atoms with van der Waals surface area (Å²) in [6, 6.07) is 1.06. The predicted molar refractivity (Wildman–Crippen MR) is 53.3 cm³/mol. The van der Waals surface area contributed by atoms with Crippen molar-refractivity contribution in [2.45, 2.75) is 6.42 Å². The first-order valence-corrected chi connectivity index (χ1v) is 4.26. The molecule has 0 aliphatic rings. The lowest BCUT2D eigenvalue weighted by molar-refractivity contribution is -0.606. The number of nitro groups is 1. The lowest BCUT2D eigenvalue weighted by Crippen LogP contribution is -2.24. The van der Waals surface area contributed by atoms with E-state index in [1.807, 2.05) is 0 Å². The van der Waals surface area contributed by atoms with Gasteiger partial charge in [0.05, 0.1) is 17.4 Å². The third kappa shape index (κ3) is 3.05. The van der Waals surface area contributed by atoms with E-state index in [0.717, 1.165) is 18.5 Å². The maximum Gasteiger partial charge on any atom is 0.307 e. The van der Waals surface area contributed by atoms with Crippen molar-refractivity contribution in [1.82, 2.24) is 0 Å². The monoisotopic (exact) mass is 224 g/mol. The zero-order valence-electron chi connectivity index (χ0n) is 8.07. The standard InChI is InChI=1S/C9H8N2O5/c12-9(13)3-1-2-7-6-10(14)5-4-8(7)11(15)16/h1-2,4-6H,3H2,(H,12,13). The number of rotatable bonds is 4. The Morgan fingerprint density at radius 2 is 2.31 bits per heavy atom. The SMILES string of the molecule is O=C(O)CC=Cc1c[n+]([O-])ccc1[N+](=O)[O-]. The Bertz CT molecular complexity index is 455. The van der Waals surface area contributed by atoms with Crippen LogP contribution >= 0.6 is 0 Å². The molecule has 7 nitrogen and oxygen atoms in total. The molecule has 1 rings (SSSR count). The Kier molecular flexibility index (Phi) is 3.54. The smallest absolute Gasteiger partial charge is 0.307 e. The molecular formula is C9H8N2O5. The summed E-state index contributed by atoms with van der Waals surface area (Å²) in [5.74, 6) is -1.05. The molecule has 1 aromatic rings. The average molecular weight is 224 g/mol. The van der Waals surface area contributed by atoms with Crippen molar-refractivity contribution in [3.63, 3.8) is 0 Å². The molecule has 1 heterocycles. The molecule has 7 heteroatoms. The third-order valence-corrected chi connectivity index (χ3v) is 1.73. The minimum Gasteiger partial charge on any atom is -0.619 e. The Balaban J connectivity index is 3.01. The van der Waals surface area contributed by atoms with Crippen LogP contribution in [0.4, 0.5) is 5.69 Å². The summed E-state index contributed by atoms with van der Waals surface area (Å²) in [5, 5.41) is 29.9. The maximum atomic E-state index is 10.9. The first-order valence-electron chi connectivity index (χ1n) is 4.26. The summed E-state index contributed by atoms with van der Waals surface area (Å²) >= 11 is 0. The Labute approximate surface area is 90.0 Å². The Hall–Kier alpha value is -2.44. The Morgan fingerprint density at radius 3 is 2.88 bits per heavy atom. The fourth-order valence-electron chi connectivity index (χ4n) is 1.07. The molecular weight excluding hydrogens is 216 g/mol. The number of aliphatic carboxylic acids is 1. The van der Waals surface area contributed by atoms with Crippen molar-refractivity contribution >= 4 is 17.7 Å². The minimum atomic E-state index is -1.05. The van der Waals surface area contributed by atoms with Crippen LogP contribution in [0.1, 0.15) is 12.0 Å². The van der Waals surface area contributed by atoms with Crippen molar-refractivity contribution < 1.29 is 19.6 Å². The molecule has 0 unspecified atom stereocenters. The van der Waals surface area contributed by atoms with E-state index in [9.17, 15) is 20.1 Å². The van der Waals surface area contributed by atoms with Gasteiger partial charge in [-0.05, 0) is 6.08 Å². The number of carboxylic acid groups (broad SMARTS) is 1. The topological polar surface area (TPSA) is 107 Å². The second kappa shape index (κ2) is 4.87. The van der Waals surface area contributed by atoms with Crippen LogP contribution < -0.4 is 4.73 Å². The van der Waals surface area contributed by atoms with Gasteiger partial charge in [0, 0.05) is 0 Å². The highest BCUT2D eigenvalue weighted by Gasteiger charge is 2.14. The number of hydrogen-bond donors (Lipinski definition) is 1. The normalized spacial score (nSPS) is 10.5. The van der Waals surface area contributed by atoms with Crippen LogP contribution in [0, 0.1) is 15.3 Å². The van der Waals surface area contributed by atoms with Crippen molar-refractivity contribution in [2.75, 3.05) is 0 Å². The van der Waals surface area contributed by atoms with Gasteiger partial charge in [-0.25, -0.2) is 0 Å². The van der Waals surface area contributed by atoms with Gasteiger partial charge in [-0.15, -0.1) is 0 Å². The number of hydrogen-bond acceptors (Lipinski definition) is 4. The van der Waals surface area contributed by atoms with Gasteiger partial charge in [-0.2, -0.15) is 4.73 Å². The van der Waals surface area contributed by atoms with E-state index < -0.39 is 10.9 Å². The maximum absolute atomic E-state index is 10.9. The fraction of sp³-hybridized carbons (Fsp3) is 0.111. The fourth-order valence-corrected chi connectivity index (χ4v) is 1.07. The van der Waals surface area contributed by atoms with Crippen molar-refractivity contribution in [3.8, 4) is 0 Å². The van der Waals surface area contributed by atoms with Crippen LogP contribution in [0.3, 0.4) is 0 Å². The molecule has 0 atom stereocenters. The largest absolute Gasteiger partial charge is 0.619 e. The minimum absolute atomic E-state index is 0.0729. The van der Waals surface area contributed by atoms with Crippen molar-refractivity contribution in [3.05, 3.63) is 45.4 Å². The number of aromatic nitrogens is 1. The highest BCUT2D eigenvalue weighted by atomic mass is 16.6. The van der Waals surface area contributed by atoms with Gasteiger partial charge < -0.3 is 10.3 Å². The molecule has 0 amide bonds. The first kappa shape index (κ1) is 11.6. The molecule has 1 aromatic heterocycles. The van der Waals surface area contributed by atoms with E-state index in [-0.39, 0.29) is 17.7 Å². The molecule has 0 aliphatic heterocycles. The second-order valence-corrected chi connectivity index (χ2v) is 2.90. The molecule has 0 radical (unpaired) electrons. The molecule has 0 aliphatic carbocycles. The van der Waals surface area contributed by atoms with Gasteiger partial charge in [0.2, 0.25) is 0 Å². The van der Waals surface area contributed by atoms with Crippen LogP contribution in [-0.4, -0.2) is 16.0 Å². The first-order chi connectivity index (χ1) is 7.50. The van der Waals surface area contributed by atoms with Crippen LogP contribution in [0.2, 0.25) is 0 Å². The number of nitrogens with zero attached hydrogens (tertiary/aromatic N) is 2. The highest BCUT2D eigenvalue weighted by molar-refractivity contribution is 5.71. The molecule has 16 heavy (non-hydrogen) atoms. The summed E-state index contributed by atoms with van der Waals surface area (Å²) < 4.78 is 0.410. The van der Waals surface area contributed by atoms with E-state index in [1.54, 1.807) is 0 Å². The van der Waals surface area contributed by atoms with Gasteiger partial charge >= 0.3 is 5.97 Å². The predicted octanol–water partition coefficient (Wildman–Crippen LogP) is 0.716. The van der Waals surface area contributed by atoms with Crippen molar-refractivity contribution in [1.29, 1.82) is 0 Å². The van der Waals surface area contributed by atoms with Crippen LogP contribution in [0.5, 0.6) is 0 Å². The number of carbonyl (C=O) groups is 1. The quantitative estimate of drug-likeness (QED) is 0.351. The van der Waals surface area contributed by atoms with Crippen molar-refractivity contribution in [2.24, 2.45) is 0 Å². The molecule has 0 saturated heterocycles. The van der Waals surface area contributed by atoms with E-state index in [0.29, 0.717) is 4.73 Å². The van der Waals surface area contributed by atoms with E-state index in [4.69, 9.17) is 5.11 Å². The Morgan fingerprint density at radius 1 is 1.62 bits per heavy atom. The van der Waals surface area contributed by atoms with Crippen LogP contribution in [-0.2, 0) is 4.79 Å². The molecule has 0 saturated carbocycles. The molecule has 0 bridgehead atoms. The van der Waals surface area contributed by atoms with E-state index in [2.05, 4.69) is 0 Å². The lowest BCUT2D eigenvalue weighted by Gasteiger charge is -1.98. The molecule has 0 aromatic carbocycles. The summed E-state index contributed by atoms with van der Waals surface area (Å²) in [6.07, 6.45) is 4.24. The van der Waals surface area contributed by atoms with Crippen LogP contribution in [0.25, 0.3) is 6.08 Å². The third-order valence-electron chi connectivity index (χ3n) is 1.73.